The third-order valence-corrected chi connectivity index (χ3v) is 4.71. The van der Waals surface area contributed by atoms with Crippen LogP contribution in [0.1, 0.15) is 19.8 Å². The summed E-state index contributed by atoms with van der Waals surface area (Å²) < 4.78 is 5.37. The van der Waals surface area contributed by atoms with Gasteiger partial charge >= 0.3 is 5.82 Å². The van der Waals surface area contributed by atoms with Gasteiger partial charge in [0.25, 0.3) is 0 Å². The zero-order valence-electron chi connectivity index (χ0n) is 11.2. The molecule has 0 N–H and O–H groups in total. The molecular weight excluding hydrogens is 282 g/mol. The van der Waals surface area contributed by atoms with Crippen LogP contribution in [0, 0.1) is 15.5 Å². The highest BCUT2D eigenvalue weighted by atomic mass is 35.5. The van der Waals surface area contributed by atoms with Gasteiger partial charge in [0, 0.05) is 18.0 Å². The molecule has 3 heterocycles. The smallest absolute Gasteiger partial charge is 0.380 e. The van der Waals surface area contributed by atoms with E-state index >= 15 is 0 Å². The Morgan fingerprint density at radius 2 is 2.35 bits per heavy atom. The normalized spacial score (nSPS) is 24.5. The standard InChI is InChI=1S/C13H16ClN3O3/c1-9-13(7-20-8-13)3-2-4-16(9)11-5-10(14)6-15-12(11)17(18)19/h5-6,9H,2-4,7-8H2,1H3. The van der Waals surface area contributed by atoms with E-state index in [0.717, 1.165) is 32.6 Å². The summed E-state index contributed by atoms with van der Waals surface area (Å²) in [4.78, 5) is 16.7. The van der Waals surface area contributed by atoms with Gasteiger partial charge in [-0.05, 0) is 35.7 Å². The number of ether oxygens (including phenoxy) is 1. The van der Waals surface area contributed by atoms with Gasteiger partial charge in [-0.25, -0.2) is 0 Å². The molecule has 1 unspecified atom stereocenters. The predicted octanol–water partition coefficient (Wildman–Crippen LogP) is 2.65. The third kappa shape index (κ3) is 2.03. The molecule has 7 heteroatoms. The van der Waals surface area contributed by atoms with Crippen LogP contribution in [0.15, 0.2) is 12.3 Å². The number of anilines is 1. The van der Waals surface area contributed by atoms with Crippen LogP contribution < -0.4 is 4.90 Å². The molecule has 2 fully saturated rings. The number of hydrogen-bond acceptors (Lipinski definition) is 5. The molecule has 0 aliphatic carbocycles. The van der Waals surface area contributed by atoms with Crippen LogP contribution in [-0.2, 0) is 4.74 Å². The van der Waals surface area contributed by atoms with Crippen molar-refractivity contribution in [3.63, 3.8) is 0 Å². The first-order valence-corrected chi connectivity index (χ1v) is 7.06. The fourth-order valence-electron chi connectivity index (χ4n) is 3.19. The summed E-state index contributed by atoms with van der Waals surface area (Å²) in [6.45, 7) is 4.34. The van der Waals surface area contributed by atoms with Gasteiger partial charge in [0.05, 0.1) is 18.2 Å². The number of rotatable bonds is 2. The van der Waals surface area contributed by atoms with Crippen LogP contribution in [0.4, 0.5) is 11.5 Å². The molecule has 1 aromatic rings. The monoisotopic (exact) mass is 297 g/mol. The maximum Gasteiger partial charge on any atom is 0.387 e. The lowest BCUT2D eigenvalue weighted by molar-refractivity contribution is -0.388. The van der Waals surface area contributed by atoms with Crippen LogP contribution in [0.2, 0.25) is 5.02 Å². The quantitative estimate of drug-likeness (QED) is 0.620. The van der Waals surface area contributed by atoms with Crippen molar-refractivity contribution in [2.75, 3.05) is 24.7 Å². The minimum Gasteiger partial charge on any atom is -0.380 e. The van der Waals surface area contributed by atoms with E-state index in [0.29, 0.717) is 10.7 Å². The summed E-state index contributed by atoms with van der Waals surface area (Å²) >= 11 is 5.97. The Bertz CT molecular complexity index is 548. The molecule has 0 radical (unpaired) electrons. The molecule has 2 saturated heterocycles. The Morgan fingerprint density at radius 3 is 2.95 bits per heavy atom. The first kappa shape index (κ1) is 13.6. The number of piperidine rings is 1. The first-order chi connectivity index (χ1) is 9.53. The molecule has 108 valence electrons. The first-order valence-electron chi connectivity index (χ1n) is 6.68. The second-order valence-electron chi connectivity index (χ2n) is 5.58. The SMILES string of the molecule is CC1N(c2cc(Cl)cnc2[N+](=O)[O-])CCCC12COC2. The molecule has 1 atom stereocenters. The lowest BCUT2D eigenvalue weighted by atomic mass is 9.72. The maximum atomic E-state index is 11.2. The second kappa shape index (κ2) is 4.86. The van der Waals surface area contributed by atoms with Crippen molar-refractivity contribution < 1.29 is 9.66 Å². The molecule has 1 spiro atoms. The summed E-state index contributed by atoms with van der Waals surface area (Å²) in [5, 5.41) is 11.6. The summed E-state index contributed by atoms with van der Waals surface area (Å²) in [7, 11) is 0. The van der Waals surface area contributed by atoms with E-state index in [1.807, 2.05) is 0 Å². The van der Waals surface area contributed by atoms with E-state index in [1.54, 1.807) is 6.07 Å². The van der Waals surface area contributed by atoms with Gasteiger partial charge < -0.3 is 19.8 Å². The molecule has 2 aliphatic heterocycles. The Hall–Kier alpha value is -1.40. The molecule has 0 bridgehead atoms. The van der Waals surface area contributed by atoms with Gasteiger partial charge in [0.15, 0.2) is 6.20 Å². The van der Waals surface area contributed by atoms with Crippen molar-refractivity contribution in [1.29, 1.82) is 0 Å². The van der Waals surface area contributed by atoms with Gasteiger partial charge in [0.1, 0.15) is 5.69 Å². The molecule has 6 nitrogen and oxygen atoms in total. The van der Waals surface area contributed by atoms with E-state index in [1.165, 1.54) is 6.20 Å². The minimum atomic E-state index is -0.447. The summed E-state index contributed by atoms with van der Waals surface area (Å²) in [6, 6.07) is 1.82. The fraction of sp³-hybridized carbons (Fsp3) is 0.615. The topological polar surface area (TPSA) is 68.5 Å². The molecule has 0 saturated carbocycles. The summed E-state index contributed by atoms with van der Waals surface area (Å²) in [6.07, 6.45) is 3.42. The lowest BCUT2D eigenvalue weighted by Crippen LogP contribution is -2.60. The van der Waals surface area contributed by atoms with Crippen molar-refractivity contribution in [3.05, 3.63) is 27.4 Å². The van der Waals surface area contributed by atoms with Crippen molar-refractivity contribution in [3.8, 4) is 0 Å². The van der Waals surface area contributed by atoms with Gasteiger partial charge in [0.2, 0.25) is 0 Å². The average molecular weight is 298 g/mol. The Balaban J connectivity index is 1.99. The largest absolute Gasteiger partial charge is 0.387 e. The van der Waals surface area contributed by atoms with Crippen molar-refractivity contribution in [1.82, 2.24) is 4.98 Å². The van der Waals surface area contributed by atoms with E-state index in [4.69, 9.17) is 16.3 Å². The molecule has 1 aromatic heterocycles. The highest BCUT2D eigenvalue weighted by Crippen LogP contribution is 2.45. The molecule has 0 amide bonds. The second-order valence-corrected chi connectivity index (χ2v) is 6.02. The van der Waals surface area contributed by atoms with E-state index < -0.39 is 4.92 Å². The summed E-state index contributed by atoms with van der Waals surface area (Å²) in [5.41, 5.74) is 0.634. The van der Waals surface area contributed by atoms with Crippen molar-refractivity contribution >= 4 is 23.1 Å². The third-order valence-electron chi connectivity index (χ3n) is 4.50. The maximum absolute atomic E-state index is 11.2. The van der Waals surface area contributed by atoms with Gasteiger partial charge in [-0.3, -0.25) is 0 Å². The molecule has 2 aliphatic rings. The lowest BCUT2D eigenvalue weighted by Gasteiger charge is -2.53. The highest BCUT2D eigenvalue weighted by molar-refractivity contribution is 6.30. The van der Waals surface area contributed by atoms with Crippen molar-refractivity contribution in [2.24, 2.45) is 5.41 Å². The molecule has 3 rings (SSSR count). The van der Waals surface area contributed by atoms with E-state index in [9.17, 15) is 10.1 Å². The summed E-state index contributed by atoms with van der Waals surface area (Å²) in [5.74, 6) is -0.126. The van der Waals surface area contributed by atoms with Crippen LogP contribution in [-0.4, -0.2) is 35.7 Å². The Labute approximate surface area is 121 Å². The molecular formula is C13H16ClN3O3. The molecule has 0 aromatic carbocycles. The van der Waals surface area contributed by atoms with Crippen molar-refractivity contribution in [2.45, 2.75) is 25.8 Å². The van der Waals surface area contributed by atoms with E-state index in [-0.39, 0.29) is 17.3 Å². The minimum absolute atomic E-state index is 0.119. The number of aromatic nitrogens is 1. The van der Waals surface area contributed by atoms with Gasteiger partial charge in [-0.15, -0.1) is 0 Å². The number of pyridine rings is 1. The predicted molar refractivity (Wildman–Crippen MR) is 75.2 cm³/mol. The number of halogens is 1. The zero-order chi connectivity index (χ0) is 14.3. The van der Waals surface area contributed by atoms with Crippen LogP contribution in [0.5, 0.6) is 0 Å². The van der Waals surface area contributed by atoms with Crippen LogP contribution >= 0.6 is 11.6 Å². The van der Waals surface area contributed by atoms with E-state index in [2.05, 4.69) is 16.8 Å². The van der Waals surface area contributed by atoms with Crippen LogP contribution in [0.25, 0.3) is 0 Å². The number of hydrogen-bond donors (Lipinski definition) is 0. The fourth-order valence-corrected chi connectivity index (χ4v) is 3.34. The number of nitrogens with zero attached hydrogens (tertiary/aromatic N) is 3. The number of nitro groups is 1. The molecule has 20 heavy (non-hydrogen) atoms. The average Bonchev–Trinajstić information content (AvgIpc) is 2.36. The Kier molecular flexibility index (Phi) is 3.30. The Morgan fingerprint density at radius 1 is 1.60 bits per heavy atom. The highest BCUT2D eigenvalue weighted by Gasteiger charge is 2.48. The van der Waals surface area contributed by atoms with Gasteiger partial charge in [-0.2, -0.15) is 0 Å². The van der Waals surface area contributed by atoms with Crippen LogP contribution in [0.3, 0.4) is 0 Å². The van der Waals surface area contributed by atoms with Gasteiger partial charge in [-0.1, -0.05) is 11.6 Å². The zero-order valence-corrected chi connectivity index (χ0v) is 12.0.